The van der Waals surface area contributed by atoms with Crippen LogP contribution in [0, 0.1) is 6.92 Å². The zero-order valence-corrected chi connectivity index (χ0v) is 12.2. The van der Waals surface area contributed by atoms with Gasteiger partial charge in [-0.1, -0.05) is 26.0 Å². The van der Waals surface area contributed by atoms with E-state index in [4.69, 9.17) is 0 Å². The predicted octanol–water partition coefficient (Wildman–Crippen LogP) is 3.70. The number of alkyl halides is 3. The van der Waals surface area contributed by atoms with Crippen molar-refractivity contribution in [2.45, 2.75) is 39.5 Å². The molecular formula is C15H18F3N3. The molecule has 1 N–H and O–H groups in total. The Hall–Kier alpha value is -1.82. The van der Waals surface area contributed by atoms with Crippen LogP contribution in [0.2, 0.25) is 0 Å². The number of aromatic nitrogens is 2. The van der Waals surface area contributed by atoms with Gasteiger partial charge in [-0.15, -0.1) is 0 Å². The highest BCUT2D eigenvalue weighted by molar-refractivity contribution is 5.43. The summed E-state index contributed by atoms with van der Waals surface area (Å²) < 4.78 is 39.1. The van der Waals surface area contributed by atoms with E-state index in [2.05, 4.69) is 10.4 Å². The van der Waals surface area contributed by atoms with Gasteiger partial charge < -0.3 is 5.32 Å². The minimum absolute atomic E-state index is 0.344. The lowest BCUT2D eigenvalue weighted by molar-refractivity contribution is -0.141. The Bertz CT molecular complexity index is 615. The van der Waals surface area contributed by atoms with E-state index in [0.717, 1.165) is 17.2 Å². The highest BCUT2D eigenvalue weighted by Gasteiger charge is 2.33. The topological polar surface area (TPSA) is 29.9 Å². The molecule has 2 aromatic rings. The van der Waals surface area contributed by atoms with Crippen molar-refractivity contribution in [2.75, 3.05) is 0 Å². The lowest BCUT2D eigenvalue weighted by Gasteiger charge is -2.12. The van der Waals surface area contributed by atoms with E-state index >= 15 is 0 Å². The van der Waals surface area contributed by atoms with Gasteiger partial charge in [-0.05, 0) is 30.2 Å². The van der Waals surface area contributed by atoms with Gasteiger partial charge in [-0.25, -0.2) is 4.68 Å². The van der Waals surface area contributed by atoms with Crippen LogP contribution in [0.25, 0.3) is 5.69 Å². The quantitative estimate of drug-likeness (QED) is 0.932. The molecular weight excluding hydrogens is 279 g/mol. The Morgan fingerprint density at radius 1 is 1.24 bits per heavy atom. The Labute approximate surface area is 121 Å². The molecule has 0 fully saturated rings. The molecule has 1 aromatic carbocycles. The standard InChI is InChI=1S/C15H18F3N3/c1-10(2)19-9-12-5-4-11(3)13(8-12)21-7-6-14(20-21)15(16,17)18/h4-8,10,19H,9H2,1-3H3. The van der Waals surface area contributed by atoms with Crippen LogP contribution in [-0.4, -0.2) is 15.8 Å². The van der Waals surface area contributed by atoms with Gasteiger partial charge in [0.05, 0.1) is 5.69 Å². The van der Waals surface area contributed by atoms with Gasteiger partial charge in [0, 0.05) is 18.8 Å². The summed E-state index contributed by atoms with van der Waals surface area (Å²) in [5.41, 5.74) is 1.66. The molecule has 0 aliphatic heterocycles. The minimum atomic E-state index is -4.42. The first-order chi connectivity index (χ1) is 9.77. The molecule has 114 valence electrons. The van der Waals surface area contributed by atoms with Crippen LogP contribution in [0.15, 0.2) is 30.5 Å². The van der Waals surface area contributed by atoms with E-state index in [-0.39, 0.29) is 0 Å². The van der Waals surface area contributed by atoms with E-state index in [1.807, 2.05) is 39.0 Å². The van der Waals surface area contributed by atoms with E-state index in [1.54, 1.807) is 0 Å². The number of nitrogens with zero attached hydrogens (tertiary/aromatic N) is 2. The van der Waals surface area contributed by atoms with Crippen LogP contribution in [-0.2, 0) is 12.7 Å². The smallest absolute Gasteiger partial charge is 0.310 e. The molecule has 1 heterocycles. The van der Waals surface area contributed by atoms with Gasteiger partial charge in [0.15, 0.2) is 5.69 Å². The second kappa shape index (κ2) is 5.89. The van der Waals surface area contributed by atoms with Crippen LogP contribution in [0.4, 0.5) is 13.2 Å². The maximum absolute atomic E-state index is 12.6. The molecule has 3 nitrogen and oxygen atoms in total. The van der Waals surface area contributed by atoms with Gasteiger partial charge in [0.25, 0.3) is 0 Å². The Morgan fingerprint density at radius 2 is 1.95 bits per heavy atom. The Kier molecular flexibility index (Phi) is 4.37. The molecule has 0 amide bonds. The number of benzene rings is 1. The predicted molar refractivity (Wildman–Crippen MR) is 75.3 cm³/mol. The van der Waals surface area contributed by atoms with Crippen LogP contribution in [0.5, 0.6) is 0 Å². The van der Waals surface area contributed by atoms with Crippen LogP contribution >= 0.6 is 0 Å². The Balaban J connectivity index is 2.30. The second-order valence-corrected chi connectivity index (χ2v) is 5.30. The summed E-state index contributed by atoms with van der Waals surface area (Å²) >= 11 is 0. The molecule has 0 bridgehead atoms. The molecule has 0 saturated heterocycles. The van der Waals surface area contributed by atoms with Crippen molar-refractivity contribution in [1.82, 2.24) is 15.1 Å². The summed E-state index contributed by atoms with van der Waals surface area (Å²) in [7, 11) is 0. The summed E-state index contributed by atoms with van der Waals surface area (Å²) in [5, 5.41) is 6.90. The van der Waals surface area contributed by atoms with Crippen molar-refractivity contribution < 1.29 is 13.2 Å². The Morgan fingerprint density at radius 3 is 2.52 bits per heavy atom. The lowest BCUT2D eigenvalue weighted by atomic mass is 10.1. The lowest BCUT2D eigenvalue weighted by Crippen LogP contribution is -2.21. The monoisotopic (exact) mass is 297 g/mol. The molecule has 0 radical (unpaired) electrons. The molecule has 21 heavy (non-hydrogen) atoms. The molecule has 0 unspecified atom stereocenters. The van der Waals surface area contributed by atoms with Crippen LogP contribution in [0.1, 0.15) is 30.7 Å². The zero-order chi connectivity index (χ0) is 15.6. The molecule has 0 atom stereocenters. The average molecular weight is 297 g/mol. The second-order valence-electron chi connectivity index (χ2n) is 5.30. The fourth-order valence-electron chi connectivity index (χ4n) is 1.94. The summed E-state index contributed by atoms with van der Waals surface area (Å²) in [5.74, 6) is 0. The number of halogens is 3. The first kappa shape index (κ1) is 15.6. The maximum atomic E-state index is 12.6. The molecule has 0 saturated carbocycles. The third-order valence-corrected chi connectivity index (χ3v) is 3.11. The van der Waals surface area contributed by atoms with Gasteiger partial charge in [0.2, 0.25) is 0 Å². The van der Waals surface area contributed by atoms with Crippen LogP contribution in [0.3, 0.4) is 0 Å². The number of hydrogen-bond acceptors (Lipinski definition) is 2. The van der Waals surface area contributed by atoms with Gasteiger partial charge in [-0.2, -0.15) is 18.3 Å². The fraction of sp³-hybridized carbons (Fsp3) is 0.400. The van der Waals surface area contributed by atoms with Crippen molar-refractivity contribution in [3.63, 3.8) is 0 Å². The van der Waals surface area contributed by atoms with Crippen molar-refractivity contribution in [2.24, 2.45) is 0 Å². The number of nitrogens with one attached hydrogen (secondary N) is 1. The molecule has 1 aromatic heterocycles. The molecule has 0 spiro atoms. The number of rotatable bonds is 4. The van der Waals surface area contributed by atoms with Gasteiger partial charge >= 0.3 is 6.18 Å². The highest BCUT2D eigenvalue weighted by Crippen LogP contribution is 2.28. The summed E-state index contributed by atoms with van der Waals surface area (Å²) in [4.78, 5) is 0. The normalized spacial score (nSPS) is 12.1. The minimum Gasteiger partial charge on any atom is -0.310 e. The van der Waals surface area contributed by atoms with Crippen molar-refractivity contribution in [1.29, 1.82) is 0 Å². The summed E-state index contributed by atoms with van der Waals surface area (Å²) in [6, 6.07) is 7.04. The van der Waals surface area contributed by atoms with E-state index in [0.29, 0.717) is 18.3 Å². The fourth-order valence-corrected chi connectivity index (χ4v) is 1.94. The van der Waals surface area contributed by atoms with E-state index in [9.17, 15) is 13.2 Å². The molecule has 0 aliphatic rings. The zero-order valence-electron chi connectivity index (χ0n) is 12.2. The molecule has 0 aliphatic carbocycles. The van der Waals surface area contributed by atoms with E-state index in [1.165, 1.54) is 10.9 Å². The van der Waals surface area contributed by atoms with Crippen LogP contribution < -0.4 is 5.32 Å². The number of hydrogen-bond donors (Lipinski definition) is 1. The molecule has 2 rings (SSSR count). The molecule has 6 heteroatoms. The first-order valence-corrected chi connectivity index (χ1v) is 6.73. The highest BCUT2D eigenvalue weighted by atomic mass is 19.4. The number of aryl methyl sites for hydroxylation is 1. The average Bonchev–Trinajstić information content (AvgIpc) is 2.87. The van der Waals surface area contributed by atoms with Gasteiger partial charge in [0.1, 0.15) is 0 Å². The summed E-state index contributed by atoms with van der Waals surface area (Å²) in [6.07, 6.45) is -3.08. The van der Waals surface area contributed by atoms with Crippen molar-refractivity contribution in [3.8, 4) is 5.69 Å². The van der Waals surface area contributed by atoms with Crippen molar-refractivity contribution in [3.05, 3.63) is 47.3 Å². The van der Waals surface area contributed by atoms with Crippen molar-refractivity contribution >= 4 is 0 Å². The third-order valence-electron chi connectivity index (χ3n) is 3.11. The largest absolute Gasteiger partial charge is 0.435 e. The maximum Gasteiger partial charge on any atom is 0.435 e. The summed E-state index contributed by atoms with van der Waals surface area (Å²) in [6.45, 7) is 6.60. The van der Waals surface area contributed by atoms with Gasteiger partial charge in [-0.3, -0.25) is 0 Å². The third kappa shape index (κ3) is 3.85. The SMILES string of the molecule is Cc1ccc(CNC(C)C)cc1-n1ccc(C(F)(F)F)n1. The first-order valence-electron chi connectivity index (χ1n) is 6.73. The van der Waals surface area contributed by atoms with E-state index < -0.39 is 11.9 Å².